The van der Waals surface area contributed by atoms with Crippen LogP contribution < -0.4 is 10.1 Å². The van der Waals surface area contributed by atoms with E-state index in [1.165, 1.54) is 0 Å². The summed E-state index contributed by atoms with van der Waals surface area (Å²) in [5.74, 6) is 0.792. The Kier molecular flexibility index (Phi) is 5.26. The van der Waals surface area contributed by atoms with Gasteiger partial charge in [0.15, 0.2) is 0 Å². The molecule has 1 saturated heterocycles. The van der Waals surface area contributed by atoms with Crippen LogP contribution in [0.3, 0.4) is 0 Å². The number of ether oxygens (including phenoxy) is 1. The van der Waals surface area contributed by atoms with E-state index in [9.17, 15) is 4.48 Å². The van der Waals surface area contributed by atoms with Crippen LogP contribution in [0.25, 0.3) is 0 Å². The third-order valence-corrected chi connectivity index (χ3v) is 4.44. The van der Waals surface area contributed by atoms with E-state index in [1.54, 1.807) is 7.11 Å². The molecule has 122 valence electrons. The SMILES string of the molecule is COc1ccc(CN(F)C2CCCNC2c2ccccc2)cc1. The number of piperidine rings is 1. The zero-order valence-electron chi connectivity index (χ0n) is 13.4. The second-order valence-electron chi connectivity index (χ2n) is 5.96. The van der Waals surface area contributed by atoms with Crippen LogP contribution in [0.1, 0.15) is 30.0 Å². The van der Waals surface area contributed by atoms with Gasteiger partial charge in [0.1, 0.15) is 5.75 Å². The molecule has 2 aromatic rings. The highest BCUT2D eigenvalue weighted by atomic mass is 19.2. The first-order valence-electron chi connectivity index (χ1n) is 8.11. The number of benzene rings is 2. The van der Waals surface area contributed by atoms with Crippen molar-refractivity contribution in [3.05, 3.63) is 65.7 Å². The molecule has 0 spiro atoms. The molecule has 0 bridgehead atoms. The maximum Gasteiger partial charge on any atom is 0.118 e. The average Bonchev–Trinajstić information content (AvgIpc) is 2.63. The van der Waals surface area contributed by atoms with Crippen molar-refractivity contribution in [2.24, 2.45) is 0 Å². The maximum atomic E-state index is 14.9. The Morgan fingerprint density at radius 2 is 1.87 bits per heavy atom. The molecule has 0 amide bonds. The molecular weight excluding hydrogens is 291 g/mol. The van der Waals surface area contributed by atoms with Gasteiger partial charge in [-0.05, 0) is 42.6 Å². The van der Waals surface area contributed by atoms with Crippen molar-refractivity contribution < 1.29 is 9.22 Å². The second kappa shape index (κ2) is 7.57. The Labute approximate surface area is 137 Å². The molecule has 2 aromatic carbocycles. The Hall–Kier alpha value is -1.91. The van der Waals surface area contributed by atoms with Crippen molar-refractivity contribution in [2.75, 3.05) is 13.7 Å². The molecule has 1 aliphatic heterocycles. The normalized spacial score (nSPS) is 21.3. The van der Waals surface area contributed by atoms with Crippen LogP contribution >= 0.6 is 0 Å². The van der Waals surface area contributed by atoms with Gasteiger partial charge in [-0.25, -0.2) is 0 Å². The highest BCUT2D eigenvalue weighted by molar-refractivity contribution is 5.27. The molecule has 2 unspecified atom stereocenters. The van der Waals surface area contributed by atoms with Crippen LogP contribution in [0.2, 0.25) is 0 Å². The zero-order valence-corrected chi connectivity index (χ0v) is 13.4. The largest absolute Gasteiger partial charge is 0.497 e. The highest BCUT2D eigenvalue weighted by Crippen LogP contribution is 2.29. The molecule has 1 fully saturated rings. The highest BCUT2D eigenvalue weighted by Gasteiger charge is 2.31. The van der Waals surface area contributed by atoms with Gasteiger partial charge in [-0.2, -0.15) is 0 Å². The van der Waals surface area contributed by atoms with Gasteiger partial charge in [0.25, 0.3) is 0 Å². The van der Waals surface area contributed by atoms with E-state index in [-0.39, 0.29) is 12.1 Å². The van der Waals surface area contributed by atoms with E-state index in [0.717, 1.165) is 41.4 Å². The Balaban J connectivity index is 1.71. The lowest BCUT2D eigenvalue weighted by Gasteiger charge is -2.36. The molecule has 0 radical (unpaired) electrons. The van der Waals surface area contributed by atoms with Crippen LogP contribution in [0.5, 0.6) is 5.75 Å². The van der Waals surface area contributed by atoms with Gasteiger partial charge in [-0.15, -0.1) is 9.60 Å². The smallest absolute Gasteiger partial charge is 0.118 e. The third kappa shape index (κ3) is 3.89. The van der Waals surface area contributed by atoms with Gasteiger partial charge in [0.2, 0.25) is 0 Å². The summed E-state index contributed by atoms with van der Waals surface area (Å²) in [4.78, 5) is 0. The van der Waals surface area contributed by atoms with Gasteiger partial charge in [-0.1, -0.05) is 42.5 Å². The molecule has 2 atom stereocenters. The number of hydrogen-bond acceptors (Lipinski definition) is 3. The molecule has 0 aliphatic carbocycles. The molecule has 23 heavy (non-hydrogen) atoms. The van der Waals surface area contributed by atoms with E-state index < -0.39 is 0 Å². The van der Waals surface area contributed by atoms with Gasteiger partial charge in [0, 0.05) is 0 Å². The van der Waals surface area contributed by atoms with Crippen molar-refractivity contribution in [1.29, 1.82) is 0 Å². The first-order chi connectivity index (χ1) is 11.3. The summed E-state index contributed by atoms with van der Waals surface area (Å²) in [6.45, 7) is 1.23. The lowest BCUT2D eigenvalue weighted by atomic mass is 9.92. The fourth-order valence-electron chi connectivity index (χ4n) is 3.20. The average molecular weight is 314 g/mol. The monoisotopic (exact) mass is 314 g/mol. The standard InChI is InChI=1S/C19H23FN2O/c1-23-17-11-9-15(10-12-17)14-22(20)18-8-5-13-21-19(18)16-6-3-2-4-7-16/h2-4,6-7,9-12,18-19,21H,5,8,13-14H2,1H3. The Morgan fingerprint density at radius 1 is 1.13 bits per heavy atom. The number of halogens is 1. The molecule has 3 rings (SSSR count). The van der Waals surface area contributed by atoms with Crippen molar-refractivity contribution in [3.63, 3.8) is 0 Å². The first-order valence-corrected chi connectivity index (χ1v) is 8.11. The number of rotatable bonds is 5. The Morgan fingerprint density at radius 3 is 2.57 bits per heavy atom. The predicted molar refractivity (Wildman–Crippen MR) is 89.9 cm³/mol. The molecule has 0 aromatic heterocycles. The van der Waals surface area contributed by atoms with Crippen LogP contribution in [0.15, 0.2) is 54.6 Å². The summed E-state index contributed by atoms with van der Waals surface area (Å²) in [5.41, 5.74) is 2.10. The van der Waals surface area contributed by atoms with Crippen LogP contribution in [-0.4, -0.2) is 24.8 Å². The topological polar surface area (TPSA) is 24.5 Å². The molecule has 0 saturated carbocycles. The van der Waals surface area contributed by atoms with Crippen molar-refractivity contribution in [2.45, 2.75) is 31.5 Å². The van der Waals surface area contributed by atoms with E-state index >= 15 is 0 Å². The van der Waals surface area contributed by atoms with Gasteiger partial charge in [-0.3, -0.25) is 0 Å². The zero-order chi connectivity index (χ0) is 16.1. The van der Waals surface area contributed by atoms with Gasteiger partial charge < -0.3 is 10.1 Å². The predicted octanol–water partition coefficient (Wildman–Crippen LogP) is 3.88. The van der Waals surface area contributed by atoms with E-state index in [1.807, 2.05) is 42.5 Å². The number of methoxy groups -OCH3 is 1. The molecular formula is C19H23FN2O. The minimum atomic E-state index is -0.145. The summed E-state index contributed by atoms with van der Waals surface area (Å²) in [6.07, 6.45) is 1.86. The lowest BCUT2D eigenvalue weighted by Crippen LogP contribution is -2.45. The van der Waals surface area contributed by atoms with Gasteiger partial charge >= 0.3 is 0 Å². The van der Waals surface area contributed by atoms with E-state index in [0.29, 0.717) is 6.54 Å². The molecule has 1 heterocycles. The van der Waals surface area contributed by atoms with E-state index in [2.05, 4.69) is 17.4 Å². The second-order valence-corrected chi connectivity index (χ2v) is 5.96. The fourth-order valence-corrected chi connectivity index (χ4v) is 3.20. The molecule has 4 heteroatoms. The van der Waals surface area contributed by atoms with Crippen molar-refractivity contribution in [3.8, 4) is 5.75 Å². The third-order valence-electron chi connectivity index (χ3n) is 4.44. The minimum Gasteiger partial charge on any atom is -0.497 e. The van der Waals surface area contributed by atoms with Crippen molar-refractivity contribution >= 4 is 0 Å². The summed E-state index contributed by atoms with van der Waals surface area (Å²) < 4.78 is 20.0. The van der Waals surface area contributed by atoms with E-state index in [4.69, 9.17) is 4.74 Å². The minimum absolute atomic E-state index is 0.0354. The summed E-state index contributed by atoms with van der Waals surface area (Å²) in [5, 5.41) is 4.45. The quantitative estimate of drug-likeness (QED) is 0.848. The van der Waals surface area contributed by atoms with Crippen LogP contribution in [0, 0.1) is 0 Å². The lowest BCUT2D eigenvalue weighted by molar-refractivity contribution is -0.0565. The van der Waals surface area contributed by atoms with Crippen LogP contribution in [-0.2, 0) is 6.54 Å². The number of nitrogens with zero attached hydrogens (tertiary/aromatic N) is 1. The molecule has 1 N–H and O–H groups in total. The maximum absolute atomic E-state index is 14.9. The van der Waals surface area contributed by atoms with Crippen molar-refractivity contribution in [1.82, 2.24) is 10.4 Å². The first kappa shape index (κ1) is 16.0. The Bertz CT molecular complexity index is 603. The fraction of sp³-hybridized carbons (Fsp3) is 0.368. The van der Waals surface area contributed by atoms with Crippen LogP contribution in [0.4, 0.5) is 4.48 Å². The molecule has 3 nitrogen and oxygen atoms in total. The number of nitrogens with one attached hydrogen (secondary N) is 1. The molecule has 1 aliphatic rings. The summed E-state index contributed by atoms with van der Waals surface area (Å²) in [6, 6.07) is 17.6. The number of hydrogen-bond donors (Lipinski definition) is 1. The van der Waals surface area contributed by atoms with Gasteiger partial charge in [0.05, 0.1) is 25.7 Å². The summed E-state index contributed by atoms with van der Waals surface area (Å²) >= 11 is 0. The summed E-state index contributed by atoms with van der Waals surface area (Å²) in [7, 11) is 1.63.